The lowest BCUT2D eigenvalue weighted by molar-refractivity contribution is 0.476. The van der Waals surface area contributed by atoms with Crippen LogP contribution in [-0.2, 0) is 0 Å². The molecule has 48 heavy (non-hydrogen) atoms. The van der Waals surface area contributed by atoms with Crippen molar-refractivity contribution in [1.29, 1.82) is 0 Å². The summed E-state index contributed by atoms with van der Waals surface area (Å²) >= 11 is 1.82. The van der Waals surface area contributed by atoms with E-state index in [0.29, 0.717) is 5.69 Å². The van der Waals surface area contributed by atoms with Gasteiger partial charge in [0, 0.05) is 48.3 Å². The first kappa shape index (κ1) is 28.1. The molecular formula is C44H30N2OS. The van der Waals surface area contributed by atoms with Gasteiger partial charge in [0.15, 0.2) is 0 Å². The highest BCUT2D eigenvalue weighted by atomic mass is 32.1. The predicted octanol–water partition coefficient (Wildman–Crippen LogP) is 13.0. The summed E-state index contributed by atoms with van der Waals surface area (Å²) in [6.07, 6.45) is 0. The minimum absolute atomic E-state index is 0.201. The molecule has 1 heterocycles. The summed E-state index contributed by atoms with van der Waals surface area (Å²) in [5.74, 6) is 0.201. The second kappa shape index (κ2) is 11.6. The molecule has 1 N–H and O–H groups in total. The molecular weight excluding hydrogens is 605 g/mol. The highest BCUT2D eigenvalue weighted by Gasteiger charge is 2.22. The van der Waals surface area contributed by atoms with Gasteiger partial charge in [-0.05, 0) is 89.0 Å². The van der Waals surface area contributed by atoms with Crippen LogP contribution >= 0.6 is 11.3 Å². The van der Waals surface area contributed by atoms with Gasteiger partial charge < -0.3 is 14.9 Å². The number of aromatic hydroxyl groups is 1. The lowest BCUT2D eigenvalue weighted by Crippen LogP contribution is -2.13. The van der Waals surface area contributed by atoms with E-state index < -0.39 is 0 Å². The van der Waals surface area contributed by atoms with Gasteiger partial charge in [0.05, 0.1) is 11.4 Å². The van der Waals surface area contributed by atoms with E-state index in [1.807, 2.05) is 47.7 Å². The van der Waals surface area contributed by atoms with Crippen LogP contribution in [0.3, 0.4) is 0 Å². The van der Waals surface area contributed by atoms with E-state index >= 15 is 0 Å². The van der Waals surface area contributed by atoms with Gasteiger partial charge in [-0.2, -0.15) is 0 Å². The fourth-order valence-corrected chi connectivity index (χ4v) is 8.00. The van der Waals surface area contributed by atoms with Crippen LogP contribution in [-0.4, -0.2) is 5.11 Å². The van der Waals surface area contributed by atoms with Crippen molar-refractivity contribution in [3.05, 3.63) is 176 Å². The average Bonchev–Trinajstić information content (AvgIpc) is 3.52. The molecule has 4 heteroatoms. The van der Waals surface area contributed by atoms with Crippen LogP contribution < -0.4 is 9.80 Å². The second-order valence-electron chi connectivity index (χ2n) is 12.0. The number of nitrogens with zero attached hydrogens (tertiary/aromatic N) is 2. The van der Waals surface area contributed by atoms with Crippen molar-refractivity contribution < 1.29 is 5.11 Å². The van der Waals surface area contributed by atoms with Crippen molar-refractivity contribution in [2.24, 2.45) is 0 Å². The third-order valence-electron chi connectivity index (χ3n) is 9.09. The Hall–Kier alpha value is -6.10. The smallest absolute Gasteiger partial charge is 0.139 e. The molecule has 0 fully saturated rings. The van der Waals surface area contributed by atoms with Gasteiger partial charge in [-0.3, -0.25) is 0 Å². The Bertz CT molecular complexity index is 2590. The van der Waals surface area contributed by atoms with Crippen molar-refractivity contribution in [3.8, 4) is 5.75 Å². The summed E-state index contributed by atoms with van der Waals surface area (Å²) in [4.78, 5) is 4.46. The standard InChI is InChI=1S/C44H30N2OS/c47-42-25-23-34(45(31-14-3-1-4-15-31)33-24-26-44-39(28-33)38-21-11-12-22-43(38)48-44)29-41(42)46(32-16-5-2-6-17-32)40-27-30-13-7-8-18-35(30)36-19-9-10-20-37(36)40/h1-29,47H. The quantitative estimate of drug-likeness (QED) is 0.184. The monoisotopic (exact) mass is 634 g/mol. The minimum atomic E-state index is 0.201. The number of phenolic OH excluding ortho intramolecular Hbond substituents is 1. The molecule has 9 rings (SSSR count). The maximum atomic E-state index is 11.7. The molecule has 8 aromatic carbocycles. The average molecular weight is 635 g/mol. The maximum absolute atomic E-state index is 11.7. The molecule has 0 radical (unpaired) electrons. The topological polar surface area (TPSA) is 26.7 Å². The summed E-state index contributed by atoms with van der Waals surface area (Å²) < 4.78 is 2.54. The molecule has 228 valence electrons. The Morgan fingerprint density at radius 3 is 1.69 bits per heavy atom. The van der Waals surface area contributed by atoms with E-state index in [1.165, 1.54) is 30.9 Å². The number of para-hydroxylation sites is 2. The molecule has 0 spiro atoms. The molecule has 0 aliphatic carbocycles. The number of rotatable bonds is 6. The normalized spacial score (nSPS) is 11.4. The number of thiophene rings is 1. The number of hydrogen-bond acceptors (Lipinski definition) is 4. The zero-order valence-corrected chi connectivity index (χ0v) is 26.8. The predicted molar refractivity (Wildman–Crippen MR) is 205 cm³/mol. The van der Waals surface area contributed by atoms with Crippen molar-refractivity contribution in [2.45, 2.75) is 0 Å². The zero-order valence-electron chi connectivity index (χ0n) is 26.0. The number of phenols is 1. The molecule has 0 aliphatic rings. The van der Waals surface area contributed by atoms with Gasteiger partial charge in [-0.1, -0.05) is 103 Å². The Balaban J connectivity index is 1.29. The van der Waals surface area contributed by atoms with Crippen LogP contribution in [0.1, 0.15) is 0 Å². The van der Waals surface area contributed by atoms with E-state index in [2.05, 4.69) is 149 Å². The van der Waals surface area contributed by atoms with E-state index in [1.54, 1.807) is 0 Å². The van der Waals surface area contributed by atoms with E-state index in [4.69, 9.17) is 0 Å². The molecule has 0 bridgehead atoms. The van der Waals surface area contributed by atoms with Crippen LogP contribution in [0.5, 0.6) is 5.75 Å². The zero-order chi connectivity index (χ0) is 32.0. The first-order valence-corrected chi connectivity index (χ1v) is 16.9. The summed E-state index contributed by atoms with van der Waals surface area (Å²) in [6, 6.07) is 61.3. The van der Waals surface area contributed by atoms with E-state index in [9.17, 15) is 5.11 Å². The highest BCUT2D eigenvalue weighted by Crippen LogP contribution is 2.48. The van der Waals surface area contributed by atoms with Gasteiger partial charge in [-0.25, -0.2) is 0 Å². The van der Waals surface area contributed by atoms with Crippen LogP contribution in [0, 0.1) is 0 Å². The SMILES string of the molecule is Oc1ccc(N(c2ccccc2)c2ccc3sc4ccccc4c3c2)cc1N(c1ccccc1)c1cc2ccccc2c2ccccc12. The van der Waals surface area contributed by atoms with Crippen LogP contribution in [0.15, 0.2) is 176 Å². The maximum Gasteiger partial charge on any atom is 0.139 e. The van der Waals surface area contributed by atoms with Gasteiger partial charge in [0.2, 0.25) is 0 Å². The van der Waals surface area contributed by atoms with Crippen molar-refractivity contribution in [3.63, 3.8) is 0 Å². The van der Waals surface area contributed by atoms with Gasteiger partial charge in [0.25, 0.3) is 0 Å². The summed E-state index contributed by atoms with van der Waals surface area (Å²) in [7, 11) is 0. The van der Waals surface area contributed by atoms with Gasteiger partial charge >= 0.3 is 0 Å². The molecule has 0 amide bonds. The molecule has 0 aliphatic heterocycles. The second-order valence-corrected chi connectivity index (χ2v) is 13.0. The summed E-state index contributed by atoms with van der Waals surface area (Å²) in [5, 5.41) is 18.8. The molecule has 0 saturated carbocycles. The van der Waals surface area contributed by atoms with Gasteiger partial charge in [-0.15, -0.1) is 11.3 Å². The first-order valence-electron chi connectivity index (χ1n) is 16.1. The fraction of sp³-hybridized carbons (Fsp3) is 0. The fourth-order valence-electron chi connectivity index (χ4n) is 6.91. The van der Waals surface area contributed by atoms with Crippen LogP contribution in [0.4, 0.5) is 34.1 Å². The molecule has 3 nitrogen and oxygen atoms in total. The largest absolute Gasteiger partial charge is 0.506 e. The van der Waals surface area contributed by atoms with Crippen LogP contribution in [0.2, 0.25) is 0 Å². The molecule has 1 aromatic heterocycles. The van der Waals surface area contributed by atoms with Gasteiger partial charge in [0.1, 0.15) is 5.75 Å². The molecule has 0 saturated heterocycles. The lowest BCUT2D eigenvalue weighted by atomic mass is 9.99. The van der Waals surface area contributed by atoms with Crippen molar-refractivity contribution in [2.75, 3.05) is 9.80 Å². The Kier molecular flexibility index (Phi) is 6.81. The Morgan fingerprint density at radius 1 is 0.354 bits per heavy atom. The Morgan fingerprint density at radius 2 is 0.917 bits per heavy atom. The van der Waals surface area contributed by atoms with Crippen LogP contribution in [0.25, 0.3) is 41.7 Å². The third-order valence-corrected chi connectivity index (χ3v) is 10.2. The number of hydrogen-bond donors (Lipinski definition) is 1. The summed E-state index contributed by atoms with van der Waals surface area (Å²) in [5.41, 5.74) is 5.69. The lowest BCUT2D eigenvalue weighted by Gasteiger charge is -2.31. The molecule has 0 atom stereocenters. The summed E-state index contributed by atoms with van der Waals surface area (Å²) in [6.45, 7) is 0. The molecule has 9 aromatic rings. The first-order chi connectivity index (χ1) is 23.7. The Labute approximate surface area is 282 Å². The number of benzene rings is 8. The highest BCUT2D eigenvalue weighted by molar-refractivity contribution is 7.25. The third kappa shape index (κ3) is 4.74. The number of anilines is 6. The van der Waals surface area contributed by atoms with Crippen molar-refractivity contribution in [1.82, 2.24) is 0 Å². The van der Waals surface area contributed by atoms with E-state index in [0.717, 1.165) is 39.2 Å². The molecule has 0 unspecified atom stereocenters. The van der Waals surface area contributed by atoms with E-state index in [-0.39, 0.29) is 5.75 Å². The minimum Gasteiger partial charge on any atom is -0.506 e. The van der Waals surface area contributed by atoms with Crippen molar-refractivity contribution >= 4 is 87.2 Å². The number of fused-ring (bicyclic) bond motifs is 6.